The van der Waals surface area contributed by atoms with E-state index in [0.29, 0.717) is 23.4 Å². The van der Waals surface area contributed by atoms with Gasteiger partial charge in [-0.05, 0) is 47.9 Å². The monoisotopic (exact) mass is 430 g/mol. The van der Waals surface area contributed by atoms with Crippen LogP contribution in [0.5, 0.6) is 5.75 Å². The summed E-state index contributed by atoms with van der Waals surface area (Å²) >= 11 is 0. The van der Waals surface area contributed by atoms with Crippen LogP contribution in [-0.4, -0.2) is 30.4 Å². The SMILES string of the molecule is C=C1c2ccccc2C(=O)N1CC(=O)NC(Cc1ccc(F)cc1)c1ccc(OC)cc1. The van der Waals surface area contributed by atoms with Crippen molar-refractivity contribution in [3.8, 4) is 5.75 Å². The van der Waals surface area contributed by atoms with Gasteiger partial charge >= 0.3 is 0 Å². The van der Waals surface area contributed by atoms with Crippen LogP contribution >= 0.6 is 0 Å². The number of rotatable bonds is 7. The summed E-state index contributed by atoms with van der Waals surface area (Å²) in [7, 11) is 1.59. The Hall–Kier alpha value is -3.93. The summed E-state index contributed by atoms with van der Waals surface area (Å²) in [6, 6.07) is 20.4. The molecule has 0 saturated heterocycles. The number of amides is 2. The largest absolute Gasteiger partial charge is 0.497 e. The Labute approximate surface area is 186 Å². The Balaban J connectivity index is 1.52. The van der Waals surface area contributed by atoms with Crippen LogP contribution < -0.4 is 10.1 Å². The summed E-state index contributed by atoms with van der Waals surface area (Å²) < 4.78 is 18.5. The first-order chi connectivity index (χ1) is 15.5. The smallest absolute Gasteiger partial charge is 0.259 e. The molecule has 162 valence electrons. The van der Waals surface area contributed by atoms with E-state index in [4.69, 9.17) is 4.74 Å². The van der Waals surface area contributed by atoms with E-state index >= 15 is 0 Å². The van der Waals surface area contributed by atoms with E-state index in [1.165, 1.54) is 17.0 Å². The Kier molecular flexibility index (Phi) is 6.03. The molecule has 1 atom stereocenters. The Morgan fingerprint density at radius 2 is 1.69 bits per heavy atom. The average molecular weight is 430 g/mol. The zero-order valence-electron chi connectivity index (χ0n) is 17.7. The third-order valence-electron chi connectivity index (χ3n) is 5.55. The van der Waals surface area contributed by atoms with Crippen molar-refractivity contribution in [1.29, 1.82) is 0 Å². The fraction of sp³-hybridized carbons (Fsp3) is 0.154. The molecule has 3 aromatic rings. The maximum atomic E-state index is 13.3. The molecule has 1 N–H and O–H groups in total. The molecule has 1 aliphatic rings. The fourth-order valence-corrected chi connectivity index (χ4v) is 3.83. The third-order valence-corrected chi connectivity index (χ3v) is 5.55. The standard InChI is InChI=1S/C26H23FN2O3/c1-17-22-5-3-4-6-23(22)26(31)29(17)16-25(30)28-24(15-18-7-11-20(27)12-8-18)19-9-13-21(32-2)14-10-19/h3-14,24H,1,15-16H2,2H3,(H,28,30). The van der Waals surface area contributed by atoms with Crippen LogP contribution in [0.4, 0.5) is 4.39 Å². The molecule has 5 nitrogen and oxygen atoms in total. The van der Waals surface area contributed by atoms with Gasteiger partial charge < -0.3 is 10.1 Å². The van der Waals surface area contributed by atoms with Gasteiger partial charge in [0.2, 0.25) is 5.91 Å². The molecule has 32 heavy (non-hydrogen) atoms. The van der Waals surface area contributed by atoms with Crippen molar-refractivity contribution in [1.82, 2.24) is 10.2 Å². The molecule has 0 saturated carbocycles. The lowest BCUT2D eigenvalue weighted by Gasteiger charge is -2.23. The molecular formula is C26H23FN2O3. The second-order valence-electron chi connectivity index (χ2n) is 7.61. The molecule has 6 heteroatoms. The second-order valence-corrected chi connectivity index (χ2v) is 7.61. The van der Waals surface area contributed by atoms with Crippen LogP contribution in [-0.2, 0) is 11.2 Å². The maximum Gasteiger partial charge on any atom is 0.259 e. The summed E-state index contributed by atoms with van der Waals surface area (Å²) in [5.74, 6) is -0.155. The van der Waals surface area contributed by atoms with Crippen molar-refractivity contribution in [2.24, 2.45) is 0 Å². The molecular weight excluding hydrogens is 407 g/mol. The van der Waals surface area contributed by atoms with Gasteiger partial charge in [0.1, 0.15) is 18.1 Å². The molecule has 1 heterocycles. The Bertz CT molecular complexity index is 1120. The molecule has 0 fully saturated rings. The minimum Gasteiger partial charge on any atom is -0.497 e. The van der Waals surface area contributed by atoms with Gasteiger partial charge in [0.25, 0.3) is 5.91 Å². The zero-order chi connectivity index (χ0) is 22.7. The van der Waals surface area contributed by atoms with Gasteiger partial charge in [-0.2, -0.15) is 0 Å². The average Bonchev–Trinajstić information content (AvgIpc) is 3.05. The van der Waals surface area contributed by atoms with Gasteiger partial charge in [0.05, 0.1) is 13.2 Å². The maximum absolute atomic E-state index is 13.3. The summed E-state index contributed by atoms with van der Waals surface area (Å²) in [6.07, 6.45) is 0.466. The van der Waals surface area contributed by atoms with Crippen molar-refractivity contribution in [3.63, 3.8) is 0 Å². The molecule has 0 aromatic heterocycles. The van der Waals surface area contributed by atoms with Crippen molar-refractivity contribution in [2.75, 3.05) is 13.7 Å². The van der Waals surface area contributed by atoms with E-state index in [2.05, 4.69) is 11.9 Å². The minimum atomic E-state index is -0.368. The predicted octanol–water partition coefficient (Wildman–Crippen LogP) is 4.36. The molecule has 2 amide bonds. The van der Waals surface area contributed by atoms with Gasteiger partial charge in [-0.25, -0.2) is 4.39 Å². The lowest BCUT2D eigenvalue weighted by molar-refractivity contribution is -0.122. The second kappa shape index (κ2) is 9.06. The number of nitrogens with zero attached hydrogens (tertiary/aromatic N) is 1. The highest BCUT2D eigenvalue weighted by Gasteiger charge is 2.32. The van der Waals surface area contributed by atoms with Crippen LogP contribution in [0, 0.1) is 5.82 Å². The number of fused-ring (bicyclic) bond motifs is 1. The lowest BCUT2D eigenvalue weighted by atomic mass is 9.98. The number of halogens is 1. The number of carbonyl (C=O) groups excluding carboxylic acids is 2. The van der Waals surface area contributed by atoms with E-state index in [1.807, 2.05) is 36.4 Å². The molecule has 4 rings (SSSR count). The summed E-state index contributed by atoms with van der Waals surface area (Å²) in [5.41, 5.74) is 3.55. The van der Waals surface area contributed by atoms with Crippen molar-refractivity contribution in [2.45, 2.75) is 12.5 Å². The van der Waals surface area contributed by atoms with Gasteiger partial charge in [0, 0.05) is 16.8 Å². The fourth-order valence-electron chi connectivity index (χ4n) is 3.83. The van der Waals surface area contributed by atoms with E-state index in [0.717, 1.165) is 16.7 Å². The quantitative estimate of drug-likeness (QED) is 0.606. The number of benzene rings is 3. The van der Waals surface area contributed by atoms with Crippen molar-refractivity contribution < 1.29 is 18.7 Å². The van der Waals surface area contributed by atoms with E-state index in [9.17, 15) is 14.0 Å². The highest BCUT2D eigenvalue weighted by atomic mass is 19.1. The van der Waals surface area contributed by atoms with Crippen molar-refractivity contribution >= 4 is 17.5 Å². The normalized spacial score (nSPS) is 13.6. The van der Waals surface area contributed by atoms with Crippen molar-refractivity contribution in [3.05, 3.63) is 107 Å². The van der Waals surface area contributed by atoms with Crippen LogP contribution in [0.15, 0.2) is 79.4 Å². The number of methoxy groups -OCH3 is 1. The van der Waals surface area contributed by atoms with Crippen LogP contribution in [0.3, 0.4) is 0 Å². The van der Waals surface area contributed by atoms with E-state index < -0.39 is 0 Å². The molecule has 0 bridgehead atoms. The summed E-state index contributed by atoms with van der Waals surface area (Å²) in [6.45, 7) is 3.85. The summed E-state index contributed by atoms with van der Waals surface area (Å²) in [5, 5.41) is 3.02. The molecule has 3 aromatic carbocycles. The Morgan fingerprint density at radius 3 is 2.31 bits per heavy atom. The number of carbonyl (C=O) groups is 2. The van der Waals surface area contributed by atoms with Crippen LogP contribution in [0.25, 0.3) is 5.70 Å². The van der Waals surface area contributed by atoms with Gasteiger partial charge in [-0.1, -0.05) is 49.0 Å². The first-order valence-corrected chi connectivity index (χ1v) is 10.2. The topological polar surface area (TPSA) is 58.6 Å². The predicted molar refractivity (Wildman–Crippen MR) is 120 cm³/mol. The molecule has 0 radical (unpaired) electrons. The molecule has 1 unspecified atom stereocenters. The highest BCUT2D eigenvalue weighted by molar-refractivity contribution is 6.10. The van der Waals surface area contributed by atoms with E-state index in [1.54, 1.807) is 31.4 Å². The number of hydrogen-bond donors (Lipinski definition) is 1. The number of nitrogens with one attached hydrogen (secondary N) is 1. The minimum absolute atomic E-state index is 0.136. The van der Waals surface area contributed by atoms with E-state index in [-0.39, 0.29) is 30.2 Å². The van der Waals surface area contributed by atoms with Gasteiger partial charge in [-0.3, -0.25) is 14.5 Å². The van der Waals surface area contributed by atoms with Gasteiger partial charge in [0.15, 0.2) is 0 Å². The molecule has 1 aliphatic heterocycles. The van der Waals surface area contributed by atoms with Gasteiger partial charge in [-0.15, -0.1) is 0 Å². The first-order valence-electron chi connectivity index (χ1n) is 10.2. The Morgan fingerprint density at radius 1 is 1.03 bits per heavy atom. The molecule has 0 spiro atoms. The zero-order valence-corrected chi connectivity index (χ0v) is 17.7. The first kappa shape index (κ1) is 21.3. The van der Waals surface area contributed by atoms with Crippen LogP contribution in [0.1, 0.15) is 33.1 Å². The third kappa shape index (κ3) is 4.39. The summed E-state index contributed by atoms with van der Waals surface area (Å²) in [4.78, 5) is 27.1. The number of ether oxygens (including phenoxy) is 1. The molecule has 0 aliphatic carbocycles. The highest BCUT2D eigenvalue weighted by Crippen LogP contribution is 2.31. The number of hydrogen-bond acceptors (Lipinski definition) is 3. The lowest BCUT2D eigenvalue weighted by Crippen LogP contribution is -2.39. The van der Waals surface area contributed by atoms with Crippen LogP contribution in [0.2, 0.25) is 0 Å².